The molecule has 2 aliphatic heterocycles. The summed E-state index contributed by atoms with van der Waals surface area (Å²) >= 11 is 0. The van der Waals surface area contributed by atoms with Gasteiger partial charge in [-0.1, -0.05) is 0 Å². The van der Waals surface area contributed by atoms with Crippen LogP contribution >= 0.6 is 0 Å². The zero-order chi connectivity index (χ0) is 13.0. The highest BCUT2D eigenvalue weighted by molar-refractivity contribution is 4.82. The average molecular weight is 253 g/mol. The highest BCUT2D eigenvalue weighted by atomic mass is 15.3. The SMILES string of the molecule is CC(C)(C)N1CCN(CCC2CCNCC2)CC1. The number of piperazine rings is 1. The monoisotopic (exact) mass is 253 g/mol. The zero-order valence-electron chi connectivity index (χ0n) is 12.5. The molecule has 0 aromatic carbocycles. The van der Waals surface area contributed by atoms with Crippen molar-refractivity contribution in [2.45, 2.75) is 45.6 Å². The van der Waals surface area contributed by atoms with E-state index in [0.29, 0.717) is 5.54 Å². The summed E-state index contributed by atoms with van der Waals surface area (Å²) in [6, 6.07) is 0. The molecule has 2 saturated heterocycles. The van der Waals surface area contributed by atoms with Gasteiger partial charge in [-0.05, 0) is 65.6 Å². The van der Waals surface area contributed by atoms with E-state index in [-0.39, 0.29) is 0 Å². The zero-order valence-corrected chi connectivity index (χ0v) is 12.5. The van der Waals surface area contributed by atoms with Gasteiger partial charge >= 0.3 is 0 Å². The molecule has 1 N–H and O–H groups in total. The molecule has 2 rings (SSSR count). The van der Waals surface area contributed by atoms with E-state index in [1.807, 2.05) is 0 Å². The summed E-state index contributed by atoms with van der Waals surface area (Å²) in [5.41, 5.74) is 0.348. The summed E-state index contributed by atoms with van der Waals surface area (Å²) in [5.74, 6) is 0.979. The molecule has 0 aromatic heterocycles. The Morgan fingerprint density at radius 2 is 1.61 bits per heavy atom. The van der Waals surface area contributed by atoms with Crippen LogP contribution in [-0.2, 0) is 0 Å². The van der Waals surface area contributed by atoms with Crippen molar-refractivity contribution in [1.29, 1.82) is 0 Å². The van der Waals surface area contributed by atoms with Gasteiger partial charge < -0.3 is 10.2 Å². The Balaban J connectivity index is 1.64. The second kappa shape index (κ2) is 6.36. The number of piperidine rings is 1. The van der Waals surface area contributed by atoms with Crippen molar-refractivity contribution in [3.63, 3.8) is 0 Å². The molecular weight excluding hydrogens is 222 g/mol. The summed E-state index contributed by atoms with van der Waals surface area (Å²) in [7, 11) is 0. The van der Waals surface area contributed by atoms with Crippen molar-refractivity contribution in [3.05, 3.63) is 0 Å². The van der Waals surface area contributed by atoms with Crippen molar-refractivity contribution in [2.24, 2.45) is 5.92 Å². The first-order valence-electron chi connectivity index (χ1n) is 7.74. The molecule has 0 saturated carbocycles. The van der Waals surface area contributed by atoms with E-state index in [1.54, 1.807) is 0 Å². The van der Waals surface area contributed by atoms with Gasteiger partial charge in [0.15, 0.2) is 0 Å². The van der Waals surface area contributed by atoms with Gasteiger partial charge in [-0.15, -0.1) is 0 Å². The third-order valence-corrected chi connectivity index (χ3v) is 4.63. The Bertz CT molecular complexity index is 233. The minimum Gasteiger partial charge on any atom is -0.317 e. The molecule has 2 heterocycles. The Morgan fingerprint density at radius 3 is 2.17 bits per heavy atom. The van der Waals surface area contributed by atoms with Gasteiger partial charge in [0.25, 0.3) is 0 Å². The van der Waals surface area contributed by atoms with E-state index in [1.165, 1.54) is 65.1 Å². The molecule has 0 unspecified atom stereocenters. The number of nitrogens with one attached hydrogen (secondary N) is 1. The van der Waals surface area contributed by atoms with Crippen LogP contribution in [-0.4, -0.2) is 61.2 Å². The van der Waals surface area contributed by atoms with Gasteiger partial charge in [0.1, 0.15) is 0 Å². The largest absolute Gasteiger partial charge is 0.317 e. The molecule has 106 valence electrons. The van der Waals surface area contributed by atoms with E-state index >= 15 is 0 Å². The fourth-order valence-corrected chi connectivity index (χ4v) is 3.18. The van der Waals surface area contributed by atoms with E-state index in [4.69, 9.17) is 0 Å². The van der Waals surface area contributed by atoms with E-state index < -0.39 is 0 Å². The quantitative estimate of drug-likeness (QED) is 0.827. The lowest BCUT2D eigenvalue weighted by Crippen LogP contribution is -2.53. The molecule has 3 heteroatoms. The normalized spacial score (nSPS) is 25.5. The van der Waals surface area contributed by atoms with Crippen LogP contribution in [0.25, 0.3) is 0 Å². The lowest BCUT2D eigenvalue weighted by molar-refractivity contribution is 0.0591. The number of hydrogen-bond acceptors (Lipinski definition) is 3. The Labute approximate surface area is 113 Å². The maximum absolute atomic E-state index is 3.45. The van der Waals surface area contributed by atoms with Gasteiger partial charge in [-0.25, -0.2) is 0 Å². The lowest BCUT2D eigenvalue weighted by atomic mass is 9.94. The van der Waals surface area contributed by atoms with Crippen molar-refractivity contribution < 1.29 is 0 Å². The summed E-state index contributed by atoms with van der Waals surface area (Å²) in [4.78, 5) is 5.29. The second-order valence-electron chi connectivity index (χ2n) is 6.98. The summed E-state index contributed by atoms with van der Waals surface area (Å²) in [6.07, 6.45) is 4.20. The van der Waals surface area contributed by atoms with Crippen LogP contribution in [0.4, 0.5) is 0 Å². The highest BCUT2D eigenvalue weighted by Crippen LogP contribution is 2.19. The maximum Gasteiger partial charge on any atom is 0.0126 e. The van der Waals surface area contributed by atoms with Gasteiger partial charge in [-0.3, -0.25) is 4.90 Å². The Hall–Kier alpha value is -0.120. The molecule has 2 aliphatic rings. The van der Waals surface area contributed by atoms with Gasteiger partial charge in [-0.2, -0.15) is 0 Å². The predicted octanol–water partition coefficient (Wildman–Crippen LogP) is 1.79. The van der Waals surface area contributed by atoms with Crippen LogP contribution < -0.4 is 5.32 Å². The summed E-state index contributed by atoms with van der Waals surface area (Å²) < 4.78 is 0. The second-order valence-corrected chi connectivity index (χ2v) is 6.98. The predicted molar refractivity (Wildman–Crippen MR) is 78.0 cm³/mol. The molecule has 0 atom stereocenters. The number of hydrogen-bond donors (Lipinski definition) is 1. The maximum atomic E-state index is 3.45. The minimum atomic E-state index is 0.348. The standard InChI is InChI=1S/C15H31N3/c1-15(2,3)18-12-10-17(11-13-18)9-6-14-4-7-16-8-5-14/h14,16H,4-13H2,1-3H3. The van der Waals surface area contributed by atoms with Crippen molar-refractivity contribution >= 4 is 0 Å². The fraction of sp³-hybridized carbons (Fsp3) is 1.00. The molecule has 0 aromatic rings. The van der Waals surface area contributed by atoms with E-state index in [0.717, 1.165) is 5.92 Å². The highest BCUT2D eigenvalue weighted by Gasteiger charge is 2.25. The summed E-state index contributed by atoms with van der Waals surface area (Å²) in [6.45, 7) is 15.8. The molecule has 3 nitrogen and oxygen atoms in total. The van der Waals surface area contributed by atoms with Gasteiger partial charge in [0.2, 0.25) is 0 Å². The molecule has 18 heavy (non-hydrogen) atoms. The van der Waals surface area contributed by atoms with Crippen LogP contribution in [0.15, 0.2) is 0 Å². The van der Waals surface area contributed by atoms with Gasteiger partial charge in [0.05, 0.1) is 0 Å². The summed E-state index contributed by atoms with van der Waals surface area (Å²) in [5, 5.41) is 3.45. The Kier molecular flexibility index (Phi) is 5.05. The average Bonchev–Trinajstić information content (AvgIpc) is 2.37. The van der Waals surface area contributed by atoms with Crippen LogP contribution in [0.5, 0.6) is 0 Å². The molecule has 2 fully saturated rings. The molecule has 0 bridgehead atoms. The third-order valence-electron chi connectivity index (χ3n) is 4.63. The molecular formula is C15H31N3. The molecule has 0 spiro atoms. The van der Waals surface area contributed by atoms with Crippen molar-refractivity contribution in [3.8, 4) is 0 Å². The van der Waals surface area contributed by atoms with Crippen LogP contribution in [0.2, 0.25) is 0 Å². The van der Waals surface area contributed by atoms with Gasteiger partial charge in [0, 0.05) is 31.7 Å². The molecule has 0 aliphatic carbocycles. The van der Waals surface area contributed by atoms with Crippen LogP contribution in [0, 0.1) is 5.92 Å². The third kappa shape index (κ3) is 4.22. The first kappa shape index (κ1) is 14.3. The van der Waals surface area contributed by atoms with Crippen LogP contribution in [0.3, 0.4) is 0 Å². The van der Waals surface area contributed by atoms with Crippen molar-refractivity contribution in [2.75, 3.05) is 45.8 Å². The lowest BCUT2D eigenvalue weighted by Gasteiger charge is -2.42. The number of rotatable bonds is 3. The minimum absolute atomic E-state index is 0.348. The molecule has 0 amide bonds. The van der Waals surface area contributed by atoms with E-state index in [9.17, 15) is 0 Å². The first-order chi connectivity index (χ1) is 8.55. The fourth-order valence-electron chi connectivity index (χ4n) is 3.18. The van der Waals surface area contributed by atoms with E-state index in [2.05, 4.69) is 35.9 Å². The van der Waals surface area contributed by atoms with Crippen LogP contribution in [0.1, 0.15) is 40.0 Å². The Morgan fingerprint density at radius 1 is 1.00 bits per heavy atom. The topological polar surface area (TPSA) is 18.5 Å². The number of nitrogens with zero attached hydrogens (tertiary/aromatic N) is 2. The van der Waals surface area contributed by atoms with Crippen molar-refractivity contribution in [1.82, 2.24) is 15.1 Å². The smallest absolute Gasteiger partial charge is 0.0126 e. The first-order valence-corrected chi connectivity index (χ1v) is 7.74. The molecule has 0 radical (unpaired) electrons.